The Kier molecular flexibility index (Phi) is 9.16. The smallest absolute Gasteiger partial charge is 0.325 e. The molecule has 5 nitrogen and oxygen atoms in total. The number of aliphatic hydroxyl groups is 1. The molecule has 42 heavy (non-hydrogen) atoms. The van der Waals surface area contributed by atoms with Crippen LogP contribution in [0.15, 0.2) is 78.9 Å². The summed E-state index contributed by atoms with van der Waals surface area (Å²) in [5.41, 5.74) is 6.70. The minimum absolute atomic E-state index is 0.0258. The maximum Gasteiger partial charge on any atom is 0.325 e. The van der Waals surface area contributed by atoms with Gasteiger partial charge in [0.2, 0.25) is 0 Å². The summed E-state index contributed by atoms with van der Waals surface area (Å²) in [6.45, 7) is 5.77. The second-order valence-electron chi connectivity index (χ2n) is 12.2. The van der Waals surface area contributed by atoms with Gasteiger partial charge >= 0.3 is 5.97 Å². The van der Waals surface area contributed by atoms with Crippen molar-refractivity contribution >= 4 is 40.8 Å². The number of hydrogen-bond acceptors (Lipinski definition) is 6. The summed E-state index contributed by atoms with van der Waals surface area (Å²) in [4.78, 5) is 21.3. The molecule has 1 atom stereocenters. The first kappa shape index (κ1) is 30.0. The lowest BCUT2D eigenvalue weighted by Gasteiger charge is -2.24. The number of rotatable bonds is 12. The van der Waals surface area contributed by atoms with Crippen molar-refractivity contribution in [3.63, 3.8) is 0 Å². The van der Waals surface area contributed by atoms with Crippen molar-refractivity contribution in [2.75, 3.05) is 5.75 Å². The van der Waals surface area contributed by atoms with E-state index in [4.69, 9.17) is 10.9 Å². The lowest BCUT2D eigenvalue weighted by Crippen LogP contribution is -2.18. The number of benzene rings is 3. The molecule has 218 valence electrons. The molecule has 1 saturated carbocycles. The largest absolute Gasteiger partial charge is 0.386 e. The number of fused-ring (bicyclic) bond motifs is 1. The lowest BCUT2D eigenvalue weighted by atomic mass is 9.90. The Labute approximate surface area is 253 Å². The van der Waals surface area contributed by atoms with E-state index in [1.54, 1.807) is 0 Å². The molecule has 4 aromatic rings. The van der Waals surface area contributed by atoms with E-state index in [-0.39, 0.29) is 16.6 Å². The quantitative estimate of drug-likeness (QED) is 0.166. The lowest BCUT2D eigenvalue weighted by molar-refractivity contribution is -0.145. The third kappa shape index (κ3) is 7.68. The zero-order valence-electron chi connectivity index (χ0n) is 24.7. The summed E-state index contributed by atoms with van der Waals surface area (Å²) in [5, 5.41) is 12.1. The Balaban J connectivity index is 1.37. The van der Waals surface area contributed by atoms with Gasteiger partial charge in [0.25, 0.3) is 0 Å². The standard InChI is InChI=1S/C36H40N2O3S/c1-25-11-13-28-14-17-30(38-32(28)21-25)16-12-26-7-6-9-29(22-26)33(42-24-36(19-20-36)23-34(39)41-37)18-15-27-8-4-5-10-31(27)35(2,3)40/h4-14,16-17,21-22,33,40H,15,18-20,23-24,37H2,1-3H3/b16-12+. The predicted octanol–water partition coefficient (Wildman–Crippen LogP) is 7.94. The molecule has 0 amide bonds. The molecular formula is C36H40N2O3S. The van der Waals surface area contributed by atoms with Gasteiger partial charge in [-0.05, 0) is 97.9 Å². The third-order valence-corrected chi connectivity index (χ3v) is 9.84. The van der Waals surface area contributed by atoms with E-state index in [1.165, 1.54) is 11.1 Å². The van der Waals surface area contributed by atoms with Gasteiger partial charge in [0, 0.05) is 16.4 Å². The summed E-state index contributed by atoms with van der Waals surface area (Å²) in [5.74, 6) is 5.68. The topological polar surface area (TPSA) is 85.4 Å². The van der Waals surface area contributed by atoms with Crippen molar-refractivity contribution in [2.45, 2.75) is 63.7 Å². The van der Waals surface area contributed by atoms with E-state index in [0.29, 0.717) is 6.42 Å². The van der Waals surface area contributed by atoms with Crippen LogP contribution >= 0.6 is 11.8 Å². The van der Waals surface area contributed by atoms with Gasteiger partial charge in [-0.15, -0.1) is 0 Å². The van der Waals surface area contributed by atoms with E-state index in [1.807, 2.05) is 43.8 Å². The molecule has 3 N–H and O–H groups in total. The van der Waals surface area contributed by atoms with Crippen molar-refractivity contribution in [1.82, 2.24) is 4.98 Å². The highest BCUT2D eigenvalue weighted by Gasteiger charge is 2.45. The number of carbonyl (C=O) groups is 1. The van der Waals surface area contributed by atoms with Crippen LogP contribution in [0.5, 0.6) is 0 Å². The number of aromatic nitrogens is 1. The number of thioether (sulfide) groups is 1. The predicted molar refractivity (Wildman–Crippen MR) is 174 cm³/mol. The summed E-state index contributed by atoms with van der Waals surface area (Å²) in [6.07, 6.45) is 8.35. The monoisotopic (exact) mass is 580 g/mol. The van der Waals surface area contributed by atoms with Crippen LogP contribution in [-0.2, 0) is 21.7 Å². The number of aryl methyl sites for hydroxylation is 2. The molecule has 1 unspecified atom stereocenters. The molecule has 6 heteroatoms. The first-order valence-electron chi connectivity index (χ1n) is 14.6. The van der Waals surface area contributed by atoms with E-state index in [2.05, 4.69) is 84.6 Å². The van der Waals surface area contributed by atoms with Crippen molar-refractivity contribution < 1.29 is 14.7 Å². The van der Waals surface area contributed by atoms with E-state index in [0.717, 1.165) is 64.7 Å². The van der Waals surface area contributed by atoms with Crippen molar-refractivity contribution in [1.29, 1.82) is 0 Å². The third-order valence-electron chi connectivity index (χ3n) is 8.15. The molecule has 0 spiro atoms. The molecule has 1 aliphatic carbocycles. The van der Waals surface area contributed by atoms with Gasteiger partial charge in [-0.3, -0.25) is 4.79 Å². The Morgan fingerprint density at radius 3 is 2.62 bits per heavy atom. The van der Waals surface area contributed by atoms with Crippen LogP contribution in [0.4, 0.5) is 0 Å². The van der Waals surface area contributed by atoms with Crippen molar-refractivity contribution in [3.05, 3.63) is 112 Å². The van der Waals surface area contributed by atoms with Crippen LogP contribution in [-0.4, -0.2) is 21.8 Å². The van der Waals surface area contributed by atoms with Gasteiger partial charge in [0.15, 0.2) is 0 Å². The first-order valence-corrected chi connectivity index (χ1v) is 15.7. The van der Waals surface area contributed by atoms with Crippen molar-refractivity contribution in [3.8, 4) is 0 Å². The molecule has 3 aromatic carbocycles. The Hall–Kier alpha value is -3.45. The van der Waals surface area contributed by atoms with Crippen LogP contribution in [0.25, 0.3) is 23.1 Å². The van der Waals surface area contributed by atoms with Gasteiger partial charge in [-0.25, -0.2) is 4.98 Å². The first-order chi connectivity index (χ1) is 20.1. The number of carbonyl (C=O) groups excluding carboxylic acids is 1. The zero-order valence-corrected chi connectivity index (χ0v) is 25.5. The fourth-order valence-corrected chi connectivity index (χ4v) is 7.09. The molecule has 0 aliphatic heterocycles. The number of hydrogen-bond donors (Lipinski definition) is 2. The highest BCUT2D eigenvalue weighted by molar-refractivity contribution is 7.99. The van der Waals surface area contributed by atoms with Crippen LogP contribution < -0.4 is 5.90 Å². The van der Waals surface area contributed by atoms with E-state index in [9.17, 15) is 9.90 Å². The molecular weight excluding hydrogens is 540 g/mol. The summed E-state index contributed by atoms with van der Waals surface area (Å²) < 4.78 is 0. The van der Waals surface area contributed by atoms with Gasteiger partial charge in [0.1, 0.15) is 0 Å². The van der Waals surface area contributed by atoms with Gasteiger partial charge in [-0.1, -0.05) is 72.8 Å². The van der Waals surface area contributed by atoms with E-state index < -0.39 is 5.60 Å². The minimum Gasteiger partial charge on any atom is -0.386 e. The Morgan fingerprint density at radius 2 is 1.86 bits per heavy atom. The molecule has 0 bridgehead atoms. The Morgan fingerprint density at radius 1 is 1.07 bits per heavy atom. The fourth-order valence-electron chi connectivity index (χ4n) is 5.52. The highest BCUT2D eigenvalue weighted by atomic mass is 32.2. The number of pyridine rings is 1. The van der Waals surface area contributed by atoms with Crippen LogP contribution in [0.1, 0.15) is 78.3 Å². The van der Waals surface area contributed by atoms with Gasteiger partial charge in [0.05, 0.1) is 23.2 Å². The Bertz CT molecular complexity index is 1590. The van der Waals surface area contributed by atoms with Crippen LogP contribution in [0.2, 0.25) is 0 Å². The fraction of sp³-hybridized carbons (Fsp3) is 0.333. The molecule has 0 saturated heterocycles. The van der Waals surface area contributed by atoms with Gasteiger partial charge in [-0.2, -0.15) is 17.7 Å². The zero-order chi connectivity index (χ0) is 29.7. The average molecular weight is 581 g/mol. The minimum atomic E-state index is -0.903. The molecule has 5 rings (SSSR count). The molecule has 1 fully saturated rings. The summed E-state index contributed by atoms with van der Waals surface area (Å²) >= 11 is 1.91. The molecule has 0 radical (unpaired) electrons. The normalized spacial score (nSPS) is 15.2. The van der Waals surface area contributed by atoms with Crippen LogP contribution in [0.3, 0.4) is 0 Å². The molecule has 1 aliphatic rings. The maximum atomic E-state index is 12.0. The van der Waals surface area contributed by atoms with Crippen molar-refractivity contribution in [2.24, 2.45) is 11.3 Å². The maximum absolute atomic E-state index is 12.0. The molecule has 1 heterocycles. The number of nitrogens with zero attached hydrogens (tertiary/aromatic N) is 1. The van der Waals surface area contributed by atoms with E-state index >= 15 is 0 Å². The molecule has 1 aromatic heterocycles. The van der Waals surface area contributed by atoms with Crippen LogP contribution in [0, 0.1) is 12.3 Å². The second kappa shape index (κ2) is 12.8. The summed E-state index contributed by atoms with van der Waals surface area (Å²) in [7, 11) is 0. The highest BCUT2D eigenvalue weighted by Crippen LogP contribution is 2.53. The van der Waals surface area contributed by atoms with Gasteiger partial charge < -0.3 is 9.94 Å². The SMILES string of the molecule is Cc1ccc2ccc(/C=C/c3cccc(C(CCc4ccccc4C(C)(C)O)SCC4(CC(=O)ON)CC4)c3)nc2c1. The average Bonchev–Trinajstić information content (AvgIpc) is 3.74. The number of nitrogens with two attached hydrogens (primary N) is 1. The summed E-state index contributed by atoms with van der Waals surface area (Å²) in [6, 6.07) is 27.3. The second-order valence-corrected chi connectivity index (χ2v) is 13.3.